The molecule has 0 spiro atoms. The molecule has 1 heterocycles. The third kappa shape index (κ3) is 2.47. The number of nitrogens with two attached hydrogens (primary N) is 1. The second kappa shape index (κ2) is 4.00. The molecule has 0 unspecified atom stereocenters. The van der Waals surface area contributed by atoms with Crippen LogP contribution in [0.5, 0.6) is 0 Å². The average molecular weight is 199 g/mol. The maximum Gasteiger partial charge on any atom is 0.130 e. The number of nitrogen functional groups attached to an aromatic ring is 1. The molecule has 0 amide bonds. The van der Waals surface area contributed by atoms with Crippen LogP contribution in [-0.2, 0) is 0 Å². The summed E-state index contributed by atoms with van der Waals surface area (Å²) in [5.41, 5.74) is 8.50. The first-order valence-electron chi connectivity index (χ1n) is 4.79. The lowest BCUT2D eigenvalue weighted by atomic mass is 10.3. The number of benzene rings is 1. The van der Waals surface area contributed by atoms with Gasteiger partial charge in [0, 0.05) is 17.6 Å². The summed E-state index contributed by atoms with van der Waals surface area (Å²) in [5.74, 6) is 0.838. The fraction of sp³-hybridized carbons (Fsp3) is 0.0833. The van der Waals surface area contributed by atoms with Crippen LogP contribution in [0.15, 0.2) is 42.6 Å². The molecule has 1 aromatic heterocycles. The maximum atomic E-state index is 5.60. The van der Waals surface area contributed by atoms with Gasteiger partial charge in [0.2, 0.25) is 0 Å². The summed E-state index contributed by atoms with van der Waals surface area (Å²) in [6.45, 7) is 2.01. The highest BCUT2D eigenvalue weighted by Gasteiger charge is 1.94. The Morgan fingerprint density at radius 3 is 2.40 bits per heavy atom. The molecular weight excluding hydrogens is 186 g/mol. The number of hydrogen-bond donors (Lipinski definition) is 2. The molecule has 1 aromatic carbocycles. The fourth-order valence-corrected chi connectivity index (χ4v) is 1.26. The summed E-state index contributed by atoms with van der Waals surface area (Å²) in [7, 11) is 0. The second-order valence-electron chi connectivity index (χ2n) is 3.47. The van der Waals surface area contributed by atoms with E-state index in [0.29, 0.717) is 0 Å². The Morgan fingerprint density at radius 1 is 1.07 bits per heavy atom. The van der Waals surface area contributed by atoms with Gasteiger partial charge in [-0.3, -0.25) is 0 Å². The van der Waals surface area contributed by atoms with E-state index in [9.17, 15) is 0 Å². The molecule has 3 heteroatoms. The van der Waals surface area contributed by atoms with Crippen LogP contribution in [0.1, 0.15) is 5.56 Å². The molecule has 0 radical (unpaired) electrons. The van der Waals surface area contributed by atoms with E-state index in [1.165, 1.54) is 0 Å². The van der Waals surface area contributed by atoms with Gasteiger partial charge in [-0.2, -0.15) is 0 Å². The number of nitrogens with zero attached hydrogens (tertiary/aromatic N) is 1. The number of nitrogens with one attached hydrogen (secondary N) is 1. The Bertz CT molecular complexity index is 388. The van der Waals surface area contributed by atoms with E-state index >= 15 is 0 Å². The van der Waals surface area contributed by atoms with Crippen molar-refractivity contribution in [3.05, 3.63) is 48.2 Å². The van der Waals surface area contributed by atoms with Crippen LogP contribution in [0.25, 0.3) is 0 Å². The largest absolute Gasteiger partial charge is 0.399 e. The number of rotatable bonds is 2. The van der Waals surface area contributed by atoms with E-state index in [0.717, 1.165) is 22.8 Å². The molecule has 0 fully saturated rings. The minimum absolute atomic E-state index is 0.761. The molecule has 76 valence electrons. The lowest BCUT2D eigenvalue weighted by Crippen LogP contribution is -1.93. The molecule has 0 aliphatic carbocycles. The Labute approximate surface area is 89.0 Å². The molecule has 0 saturated carbocycles. The van der Waals surface area contributed by atoms with Crippen molar-refractivity contribution in [2.24, 2.45) is 0 Å². The number of aryl methyl sites for hydroxylation is 1. The monoisotopic (exact) mass is 199 g/mol. The van der Waals surface area contributed by atoms with E-state index in [2.05, 4.69) is 10.3 Å². The average Bonchev–Trinajstić information content (AvgIpc) is 2.25. The molecule has 0 atom stereocenters. The highest BCUT2D eigenvalue weighted by atomic mass is 15.0. The van der Waals surface area contributed by atoms with Crippen LogP contribution < -0.4 is 11.1 Å². The van der Waals surface area contributed by atoms with Crippen molar-refractivity contribution in [2.75, 3.05) is 11.1 Å². The molecule has 0 aliphatic rings. The lowest BCUT2D eigenvalue weighted by Gasteiger charge is -2.05. The van der Waals surface area contributed by atoms with E-state index in [1.54, 1.807) is 0 Å². The summed E-state index contributed by atoms with van der Waals surface area (Å²) in [6.07, 6.45) is 1.83. The van der Waals surface area contributed by atoms with Crippen LogP contribution in [0, 0.1) is 6.92 Å². The lowest BCUT2D eigenvalue weighted by molar-refractivity contribution is 1.26. The highest BCUT2D eigenvalue weighted by Crippen LogP contribution is 2.15. The van der Waals surface area contributed by atoms with E-state index in [4.69, 9.17) is 5.73 Å². The van der Waals surface area contributed by atoms with Crippen molar-refractivity contribution >= 4 is 17.2 Å². The molecule has 3 N–H and O–H groups in total. The van der Waals surface area contributed by atoms with Crippen molar-refractivity contribution in [2.45, 2.75) is 6.92 Å². The van der Waals surface area contributed by atoms with Gasteiger partial charge in [-0.1, -0.05) is 6.07 Å². The van der Waals surface area contributed by atoms with Gasteiger partial charge in [0.15, 0.2) is 0 Å². The summed E-state index contributed by atoms with van der Waals surface area (Å²) < 4.78 is 0. The van der Waals surface area contributed by atoms with Gasteiger partial charge >= 0.3 is 0 Å². The van der Waals surface area contributed by atoms with Gasteiger partial charge in [0.25, 0.3) is 0 Å². The summed E-state index contributed by atoms with van der Waals surface area (Å²) in [4.78, 5) is 4.25. The van der Waals surface area contributed by atoms with Crippen molar-refractivity contribution in [3.63, 3.8) is 0 Å². The van der Waals surface area contributed by atoms with E-state index in [1.807, 2.05) is 49.5 Å². The van der Waals surface area contributed by atoms with Gasteiger partial charge in [-0.25, -0.2) is 4.98 Å². The first-order valence-corrected chi connectivity index (χ1v) is 4.79. The predicted molar refractivity (Wildman–Crippen MR) is 63.1 cm³/mol. The SMILES string of the molecule is Cc1ccc(Nc2ccc(N)cc2)nc1. The standard InChI is InChI=1S/C12H13N3/c1-9-2-7-12(14-8-9)15-11-5-3-10(13)4-6-11/h2-8H,13H2,1H3,(H,14,15). The van der Waals surface area contributed by atoms with Crippen molar-refractivity contribution in [3.8, 4) is 0 Å². The molecule has 2 aromatic rings. The summed E-state index contributed by atoms with van der Waals surface area (Å²) >= 11 is 0. The number of anilines is 3. The zero-order valence-corrected chi connectivity index (χ0v) is 8.57. The minimum Gasteiger partial charge on any atom is -0.399 e. The third-order valence-electron chi connectivity index (χ3n) is 2.09. The van der Waals surface area contributed by atoms with Crippen LogP contribution in [0.4, 0.5) is 17.2 Å². The molecule has 0 aliphatic heterocycles. The number of pyridine rings is 1. The van der Waals surface area contributed by atoms with Crippen LogP contribution in [-0.4, -0.2) is 4.98 Å². The molecule has 2 rings (SSSR count). The quantitative estimate of drug-likeness (QED) is 0.731. The third-order valence-corrected chi connectivity index (χ3v) is 2.09. The Hall–Kier alpha value is -2.03. The minimum atomic E-state index is 0.761. The van der Waals surface area contributed by atoms with Gasteiger partial charge in [-0.05, 0) is 42.8 Å². The Balaban J connectivity index is 2.15. The molecule has 15 heavy (non-hydrogen) atoms. The van der Waals surface area contributed by atoms with Gasteiger partial charge < -0.3 is 11.1 Å². The smallest absolute Gasteiger partial charge is 0.130 e. The normalized spacial score (nSPS) is 9.93. The first-order chi connectivity index (χ1) is 7.24. The second-order valence-corrected chi connectivity index (χ2v) is 3.47. The van der Waals surface area contributed by atoms with Crippen LogP contribution in [0.2, 0.25) is 0 Å². The Morgan fingerprint density at radius 2 is 1.80 bits per heavy atom. The molecule has 0 saturated heterocycles. The summed E-state index contributed by atoms with van der Waals surface area (Å²) in [5, 5.41) is 3.19. The molecule has 0 bridgehead atoms. The molecular formula is C12H13N3. The number of hydrogen-bond acceptors (Lipinski definition) is 3. The zero-order chi connectivity index (χ0) is 10.7. The highest BCUT2D eigenvalue weighted by molar-refractivity contribution is 5.58. The molecule has 3 nitrogen and oxygen atoms in total. The van der Waals surface area contributed by atoms with Crippen LogP contribution >= 0.6 is 0 Å². The van der Waals surface area contributed by atoms with Crippen molar-refractivity contribution < 1.29 is 0 Å². The fourth-order valence-electron chi connectivity index (χ4n) is 1.26. The maximum absolute atomic E-state index is 5.60. The van der Waals surface area contributed by atoms with Gasteiger partial charge in [0.1, 0.15) is 5.82 Å². The van der Waals surface area contributed by atoms with Gasteiger partial charge in [-0.15, -0.1) is 0 Å². The Kier molecular flexibility index (Phi) is 2.54. The van der Waals surface area contributed by atoms with Crippen LogP contribution in [0.3, 0.4) is 0 Å². The van der Waals surface area contributed by atoms with E-state index in [-0.39, 0.29) is 0 Å². The van der Waals surface area contributed by atoms with E-state index < -0.39 is 0 Å². The van der Waals surface area contributed by atoms with Gasteiger partial charge in [0.05, 0.1) is 0 Å². The first kappa shape index (κ1) is 9.52. The summed E-state index contributed by atoms with van der Waals surface area (Å²) in [6, 6.07) is 11.5. The van der Waals surface area contributed by atoms with Crippen molar-refractivity contribution in [1.29, 1.82) is 0 Å². The topological polar surface area (TPSA) is 50.9 Å². The zero-order valence-electron chi connectivity index (χ0n) is 8.57. The number of aromatic nitrogens is 1. The predicted octanol–water partition coefficient (Wildman–Crippen LogP) is 2.72. The van der Waals surface area contributed by atoms with Crippen molar-refractivity contribution in [1.82, 2.24) is 4.98 Å².